The topological polar surface area (TPSA) is 101 Å². The molecule has 178 valence electrons. The summed E-state index contributed by atoms with van der Waals surface area (Å²) < 4.78 is 21.0. The highest BCUT2D eigenvalue weighted by molar-refractivity contribution is 5.85. The predicted octanol–water partition coefficient (Wildman–Crippen LogP) is 3.71. The summed E-state index contributed by atoms with van der Waals surface area (Å²) in [7, 11) is 0. The van der Waals surface area contributed by atoms with Gasteiger partial charge < -0.3 is 19.4 Å². The van der Waals surface area contributed by atoms with Gasteiger partial charge in [0.25, 0.3) is 5.95 Å². The molecule has 0 spiro atoms. The van der Waals surface area contributed by atoms with Gasteiger partial charge in [0.1, 0.15) is 5.82 Å². The molecule has 33 heavy (non-hydrogen) atoms. The largest absolute Gasteiger partial charge is 0.465 e. The molecule has 2 saturated heterocycles. The van der Waals surface area contributed by atoms with Crippen molar-refractivity contribution in [3.8, 4) is 5.95 Å². The van der Waals surface area contributed by atoms with Gasteiger partial charge in [-0.15, -0.1) is 12.4 Å². The first-order valence-electron chi connectivity index (χ1n) is 11.2. The lowest BCUT2D eigenvalue weighted by molar-refractivity contribution is 0.147. The van der Waals surface area contributed by atoms with Crippen LogP contribution in [0, 0.1) is 11.7 Å². The molecule has 0 radical (unpaired) electrons. The summed E-state index contributed by atoms with van der Waals surface area (Å²) in [6, 6.07) is 4.63. The van der Waals surface area contributed by atoms with E-state index in [-0.39, 0.29) is 24.1 Å². The van der Waals surface area contributed by atoms with Crippen molar-refractivity contribution >= 4 is 29.4 Å². The second-order valence-corrected chi connectivity index (χ2v) is 8.76. The Morgan fingerprint density at radius 2 is 2.03 bits per heavy atom. The van der Waals surface area contributed by atoms with Gasteiger partial charge in [-0.1, -0.05) is 6.92 Å². The number of nitrogens with zero attached hydrogens (tertiary/aromatic N) is 6. The highest BCUT2D eigenvalue weighted by Crippen LogP contribution is 2.29. The van der Waals surface area contributed by atoms with E-state index in [4.69, 9.17) is 9.63 Å². The van der Waals surface area contributed by atoms with Gasteiger partial charge in [-0.2, -0.15) is 14.8 Å². The SMILES string of the molecule is CCc1nn(-c2noc(C3CCN(C[C@@H]4CCN(C(=O)O)C4)CC3)n2)c2cc(F)ccc12.Cl. The number of likely N-dealkylation sites (tertiary alicyclic amines) is 2. The number of aryl methyl sites for hydroxylation is 1. The average Bonchev–Trinajstić information content (AvgIpc) is 3.52. The molecule has 1 amide bonds. The molecule has 11 heteroatoms. The Bertz CT molecular complexity index is 1130. The number of hydrogen-bond donors (Lipinski definition) is 1. The molecule has 5 rings (SSSR count). The molecule has 2 aliphatic rings. The van der Waals surface area contributed by atoms with Crippen LogP contribution in [-0.4, -0.2) is 73.6 Å². The number of rotatable bonds is 5. The standard InChI is InChI=1S/C22H27FN6O3.ClH/c1-2-18-17-4-3-16(23)11-19(17)29(25-18)21-24-20(32-26-21)15-6-8-27(9-7-15)12-14-5-10-28(13-14)22(30)31;/h3-4,11,14-15H,2,5-10,12-13H2,1H3,(H,30,31);1H/t14-;/m0./s1. The van der Waals surface area contributed by atoms with E-state index in [1.54, 1.807) is 10.7 Å². The fourth-order valence-corrected chi connectivity index (χ4v) is 4.93. The van der Waals surface area contributed by atoms with Crippen molar-refractivity contribution in [2.24, 2.45) is 5.92 Å². The fourth-order valence-electron chi connectivity index (χ4n) is 4.93. The van der Waals surface area contributed by atoms with E-state index in [0.29, 0.717) is 36.4 Å². The number of aromatic nitrogens is 4. The highest BCUT2D eigenvalue weighted by Gasteiger charge is 2.30. The van der Waals surface area contributed by atoms with Gasteiger partial charge in [0, 0.05) is 37.0 Å². The number of halogens is 2. The Morgan fingerprint density at radius 1 is 1.24 bits per heavy atom. The van der Waals surface area contributed by atoms with Crippen molar-refractivity contribution in [1.82, 2.24) is 29.7 Å². The Balaban J connectivity index is 0.00000259. The summed E-state index contributed by atoms with van der Waals surface area (Å²) in [5.41, 5.74) is 1.50. The number of fused-ring (bicyclic) bond motifs is 1. The van der Waals surface area contributed by atoms with Crippen LogP contribution < -0.4 is 0 Å². The molecule has 2 aromatic heterocycles. The predicted molar refractivity (Wildman–Crippen MR) is 122 cm³/mol. The minimum Gasteiger partial charge on any atom is -0.465 e. The van der Waals surface area contributed by atoms with Crippen molar-refractivity contribution in [3.05, 3.63) is 35.6 Å². The second-order valence-electron chi connectivity index (χ2n) is 8.76. The molecule has 3 aromatic rings. The quantitative estimate of drug-likeness (QED) is 0.596. The lowest BCUT2D eigenvalue weighted by Crippen LogP contribution is -2.37. The summed E-state index contributed by atoms with van der Waals surface area (Å²) in [6.45, 7) is 6.03. The van der Waals surface area contributed by atoms with Gasteiger partial charge in [-0.3, -0.25) is 0 Å². The van der Waals surface area contributed by atoms with Gasteiger partial charge in [0.15, 0.2) is 0 Å². The third-order valence-electron chi connectivity index (χ3n) is 6.68. The monoisotopic (exact) mass is 478 g/mol. The van der Waals surface area contributed by atoms with Crippen LogP contribution in [0.2, 0.25) is 0 Å². The van der Waals surface area contributed by atoms with Gasteiger partial charge in [-0.05, 0) is 62.0 Å². The number of carboxylic acid groups (broad SMARTS) is 1. The highest BCUT2D eigenvalue weighted by atomic mass is 35.5. The van der Waals surface area contributed by atoms with Crippen LogP contribution >= 0.6 is 12.4 Å². The van der Waals surface area contributed by atoms with Crippen LogP contribution in [0.1, 0.15) is 43.7 Å². The number of carbonyl (C=O) groups is 1. The number of hydrogen-bond acceptors (Lipinski definition) is 6. The zero-order valence-electron chi connectivity index (χ0n) is 18.5. The molecule has 0 saturated carbocycles. The zero-order valence-corrected chi connectivity index (χ0v) is 19.3. The molecule has 1 N–H and O–H groups in total. The maximum atomic E-state index is 13.8. The molecule has 1 aromatic carbocycles. The van der Waals surface area contributed by atoms with Gasteiger partial charge in [0.05, 0.1) is 11.2 Å². The van der Waals surface area contributed by atoms with Gasteiger partial charge in [-0.25, -0.2) is 9.18 Å². The summed E-state index contributed by atoms with van der Waals surface area (Å²) in [5.74, 6) is 1.17. The van der Waals surface area contributed by atoms with Crippen molar-refractivity contribution in [1.29, 1.82) is 0 Å². The first-order valence-corrected chi connectivity index (χ1v) is 11.2. The molecule has 9 nitrogen and oxygen atoms in total. The molecular weight excluding hydrogens is 451 g/mol. The van der Waals surface area contributed by atoms with Crippen LogP contribution in [0.4, 0.5) is 9.18 Å². The number of amides is 1. The molecule has 1 atom stereocenters. The van der Waals surface area contributed by atoms with Crippen LogP contribution in [0.15, 0.2) is 22.7 Å². The summed E-state index contributed by atoms with van der Waals surface area (Å²) in [4.78, 5) is 19.6. The third-order valence-corrected chi connectivity index (χ3v) is 6.68. The zero-order chi connectivity index (χ0) is 22.2. The molecule has 0 aliphatic carbocycles. The first-order chi connectivity index (χ1) is 15.5. The Kier molecular flexibility index (Phi) is 6.85. The van der Waals surface area contributed by atoms with Crippen LogP contribution in [0.5, 0.6) is 0 Å². The summed E-state index contributed by atoms with van der Waals surface area (Å²) >= 11 is 0. The first kappa shape index (κ1) is 23.4. The molecule has 0 unspecified atom stereocenters. The average molecular weight is 479 g/mol. The third kappa shape index (κ3) is 4.67. The Morgan fingerprint density at radius 3 is 2.73 bits per heavy atom. The van der Waals surface area contributed by atoms with E-state index < -0.39 is 6.09 Å². The minimum absolute atomic E-state index is 0. The van der Waals surface area contributed by atoms with Crippen molar-refractivity contribution < 1.29 is 18.8 Å². The maximum Gasteiger partial charge on any atom is 0.407 e. The maximum absolute atomic E-state index is 13.8. The molecule has 2 aliphatic heterocycles. The van der Waals surface area contributed by atoms with E-state index in [0.717, 1.165) is 56.4 Å². The molecule has 0 bridgehead atoms. The van der Waals surface area contributed by atoms with E-state index in [9.17, 15) is 9.18 Å². The lowest BCUT2D eigenvalue weighted by Gasteiger charge is -2.32. The normalized spacial score (nSPS) is 19.8. The molecular formula is C22H28ClFN6O3. The van der Waals surface area contributed by atoms with E-state index in [2.05, 4.69) is 20.1 Å². The van der Waals surface area contributed by atoms with Crippen molar-refractivity contribution in [2.45, 2.75) is 38.5 Å². The van der Waals surface area contributed by atoms with Gasteiger partial charge >= 0.3 is 6.09 Å². The van der Waals surface area contributed by atoms with Crippen LogP contribution in [0.3, 0.4) is 0 Å². The number of benzene rings is 1. The smallest absolute Gasteiger partial charge is 0.407 e. The minimum atomic E-state index is -0.822. The van der Waals surface area contributed by atoms with E-state index >= 15 is 0 Å². The second kappa shape index (κ2) is 9.64. The van der Waals surface area contributed by atoms with E-state index in [1.807, 2.05) is 6.92 Å². The Hall–Kier alpha value is -2.72. The molecule has 4 heterocycles. The fraction of sp³-hybridized carbons (Fsp3) is 0.545. The van der Waals surface area contributed by atoms with Crippen molar-refractivity contribution in [2.75, 3.05) is 32.7 Å². The molecule has 2 fully saturated rings. The number of piperidine rings is 1. The Labute approximate surface area is 196 Å². The van der Waals surface area contributed by atoms with Gasteiger partial charge in [0.2, 0.25) is 5.89 Å². The van der Waals surface area contributed by atoms with Crippen LogP contribution in [0.25, 0.3) is 16.9 Å². The van der Waals surface area contributed by atoms with Crippen LogP contribution in [-0.2, 0) is 6.42 Å². The van der Waals surface area contributed by atoms with Crippen molar-refractivity contribution in [3.63, 3.8) is 0 Å². The van der Waals surface area contributed by atoms with E-state index in [1.165, 1.54) is 17.0 Å². The summed E-state index contributed by atoms with van der Waals surface area (Å²) in [5, 5.41) is 18.7. The lowest BCUT2D eigenvalue weighted by atomic mass is 9.95. The summed E-state index contributed by atoms with van der Waals surface area (Å²) in [6.07, 6.45) is 2.65.